The number of hydrogen-bond acceptors (Lipinski definition) is 3. The monoisotopic (exact) mass is 354 g/mol. The smallest absolute Gasteiger partial charge is 0.173 e. The van der Waals surface area contributed by atoms with Crippen LogP contribution in [0.3, 0.4) is 0 Å². The van der Waals surface area contributed by atoms with E-state index in [1.165, 1.54) is 17.8 Å². The summed E-state index contributed by atoms with van der Waals surface area (Å²) in [7, 11) is 1.57. The number of methoxy groups -OCH3 is 1. The van der Waals surface area contributed by atoms with Crippen molar-refractivity contribution in [2.24, 2.45) is 0 Å². The molecule has 0 heterocycles. The average molecular weight is 355 g/mol. The summed E-state index contributed by atoms with van der Waals surface area (Å²) in [5.74, 6) is 0.505. The molecule has 2 nitrogen and oxygen atoms in total. The number of thioether (sulfide) groups is 1. The first kappa shape index (κ1) is 15.1. The van der Waals surface area contributed by atoms with E-state index in [4.69, 9.17) is 4.74 Å². The van der Waals surface area contributed by atoms with E-state index < -0.39 is 0 Å². The lowest BCUT2D eigenvalue weighted by atomic mass is 10.1. The minimum absolute atomic E-state index is 0.0541. The van der Waals surface area contributed by atoms with Crippen molar-refractivity contribution in [3.63, 3.8) is 0 Å². The number of carbonyl (C=O) groups is 1. The minimum atomic E-state index is -0.304. The van der Waals surface area contributed by atoms with Crippen LogP contribution in [0, 0.1) is 5.82 Å². The lowest BCUT2D eigenvalue weighted by molar-refractivity contribution is 0.102. The molecule has 0 bridgehead atoms. The van der Waals surface area contributed by atoms with Gasteiger partial charge in [0.2, 0.25) is 0 Å². The Morgan fingerprint density at radius 1 is 1.30 bits per heavy atom. The summed E-state index contributed by atoms with van der Waals surface area (Å²) in [4.78, 5) is 12.6. The molecule has 0 aromatic heterocycles. The van der Waals surface area contributed by atoms with Crippen molar-refractivity contribution in [2.75, 3.05) is 12.9 Å². The van der Waals surface area contributed by atoms with Crippen LogP contribution < -0.4 is 4.74 Å². The summed E-state index contributed by atoms with van der Waals surface area (Å²) in [6.07, 6.45) is 0. The molecule has 104 valence electrons. The molecular formula is C15H12BrFO2S. The minimum Gasteiger partial charge on any atom is -0.496 e. The van der Waals surface area contributed by atoms with Crippen LogP contribution in [0.5, 0.6) is 5.75 Å². The van der Waals surface area contributed by atoms with E-state index in [2.05, 4.69) is 15.9 Å². The first-order chi connectivity index (χ1) is 9.61. The van der Waals surface area contributed by atoms with Crippen molar-refractivity contribution in [1.29, 1.82) is 0 Å². The predicted octanol–water partition coefficient (Wildman–Crippen LogP) is 4.57. The molecule has 0 amide bonds. The van der Waals surface area contributed by atoms with E-state index in [0.717, 1.165) is 4.47 Å². The maximum atomic E-state index is 13.4. The fraction of sp³-hybridized carbons (Fsp3) is 0.133. The normalized spacial score (nSPS) is 10.3. The van der Waals surface area contributed by atoms with E-state index >= 15 is 0 Å². The molecule has 0 saturated carbocycles. The van der Waals surface area contributed by atoms with Gasteiger partial charge in [-0.05, 0) is 46.3 Å². The highest BCUT2D eigenvalue weighted by atomic mass is 79.9. The third kappa shape index (κ3) is 3.61. The Morgan fingerprint density at radius 2 is 2.05 bits per heavy atom. The van der Waals surface area contributed by atoms with Crippen LogP contribution in [0.25, 0.3) is 0 Å². The van der Waals surface area contributed by atoms with Crippen LogP contribution in [0.15, 0.2) is 51.8 Å². The summed E-state index contributed by atoms with van der Waals surface area (Å²) < 4.78 is 19.3. The molecule has 2 aromatic carbocycles. The van der Waals surface area contributed by atoms with Gasteiger partial charge in [-0.15, -0.1) is 11.8 Å². The first-order valence-corrected chi connectivity index (χ1v) is 7.63. The molecule has 0 atom stereocenters. The second kappa shape index (κ2) is 6.90. The van der Waals surface area contributed by atoms with Crippen LogP contribution in [0.1, 0.15) is 10.4 Å². The van der Waals surface area contributed by atoms with Crippen LogP contribution >= 0.6 is 27.7 Å². The molecule has 0 N–H and O–H groups in total. The molecule has 2 rings (SSSR count). The van der Waals surface area contributed by atoms with Gasteiger partial charge in [-0.1, -0.05) is 12.1 Å². The summed E-state index contributed by atoms with van der Waals surface area (Å²) in [5.41, 5.74) is 0.571. The van der Waals surface area contributed by atoms with Crippen molar-refractivity contribution in [2.45, 2.75) is 4.90 Å². The van der Waals surface area contributed by atoms with Gasteiger partial charge >= 0.3 is 0 Å². The highest BCUT2D eigenvalue weighted by Crippen LogP contribution is 2.27. The lowest BCUT2D eigenvalue weighted by Gasteiger charge is -2.06. The number of rotatable bonds is 5. The van der Waals surface area contributed by atoms with Crippen LogP contribution in [0.4, 0.5) is 4.39 Å². The molecule has 5 heteroatoms. The highest BCUT2D eigenvalue weighted by molar-refractivity contribution is 9.10. The van der Waals surface area contributed by atoms with Gasteiger partial charge < -0.3 is 4.74 Å². The summed E-state index contributed by atoms with van der Waals surface area (Å²) >= 11 is 4.53. The van der Waals surface area contributed by atoms with E-state index in [1.54, 1.807) is 43.5 Å². The SMILES string of the molecule is COc1ccc(C(=O)CSc2ccccc2F)cc1Br. The van der Waals surface area contributed by atoms with E-state index in [9.17, 15) is 9.18 Å². The molecule has 0 spiro atoms. The predicted molar refractivity (Wildman–Crippen MR) is 82.1 cm³/mol. The standard InChI is InChI=1S/C15H12BrFO2S/c1-19-14-7-6-10(8-11(14)16)13(18)9-20-15-5-3-2-4-12(15)17/h2-8H,9H2,1H3. The fourth-order valence-electron chi connectivity index (χ4n) is 1.63. The Labute approximate surface area is 129 Å². The van der Waals surface area contributed by atoms with E-state index in [0.29, 0.717) is 16.2 Å². The molecule has 0 radical (unpaired) electrons. The van der Waals surface area contributed by atoms with Crippen molar-refractivity contribution in [1.82, 2.24) is 0 Å². The second-order valence-corrected chi connectivity index (χ2v) is 5.86. The summed E-state index contributed by atoms with van der Waals surface area (Å²) in [5, 5.41) is 0. The number of halogens is 2. The lowest BCUT2D eigenvalue weighted by Crippen LogP contribution is -2.03. The van der Waals surface area contributed by atoms with Gasteiger partial charge in [-0.2, -0.15) is 0 Å². The van der Waals surface area contributed by atoms with Crippen molar-refractivity contribution >= 4 is 33.5 Å². The fourth-order valence-corrected chi connectivity index (χ4v) is 3.00. The molecule has 20 heavy (non-hydrogen) atoms. The third-order valence-corrected chi connectivity index (χ3v) is 4.34. The molecule has 0 saturated heterocycles. The number of hydrogen-bond donors (Lipinski definition) is 0. The molecular weight excluding hydrogens is 343 g/mol. The van der Waals surface area contributed by atoms with Gasteiger partial charge in [0.15, 0.2) is 5.78 Å². The maximum absolute atomic E-state index is 13.4. The quantitative estimate of drug-likeness (QED) is 0.581. The largest absolute Gasteiger partial charge is 0.496 e. The Bertz CT molecular complexity index is 631. The topological polar surface area (TPSA) is 26.3 Å². The molecule has 0 fully saturated rings. The summed E-state index contributed by atoms with van der Waals surface area (Å²) in [6, 6.07) is 11.6. The maximum Gasteiger partial charge on any atom is 0.173 e. The highest BCUT2D eigenvalue weighted by Gasteiger charge is 2.11. The van der Waals surface area contributed by atoms with Gasteiger partial charge in [-0.25, -0.2) is 4.39 Å². The zero-order chi connectivity index (χ0) is 14.5. The van der Waals surface area contributed by atoms with Gasteiger partial charge in [0.1, 0.15) is 11.6 Å². The number of carbonyl (C=O) groups excluding carboxylic acids is 1. The summed E-state index contributed by atoms with van der Waals surface area (Å²) in [6.45, 7) is 0. The third-order valence-electron chi connectivity index (χ3n) is 2.67. The van der Waals surface area contributed by atoms with Crippen molar-refractivity contribution in [3.8, 4) is 5.75 Å². The van der Waals surface area contributed by atoms with Gasteiger partial charge in [0, 0.05) is 10.5 Å². The van der Waals surface area contributed by atoms with Gasteiger partial charge in [-0.3, -0.25) is 4.79 Å². The van der Waals surface area contributed by atoms with Crippen LogP contribution in [-0.4, -0.2) is 18.6 Å². The number of ether oxygens (including phenoxy) is 1. The van der Waals surface area contributed by atoms with Crippen LogP contribution in [-0.2, 0) is 0 Å². The molecule has 0 aliphatic rings. The zero-order valence-corrected chi connectivity index (χ0v) is 13.1. The van der Waals surface area contributed by atoms with Gasteiger partial charge in [0.05, 0.1) is 17.3 Å². The van der Waals surface area contributed by atoms with Crippen LogP contribution in [0.2, 0.25) is 0 Å². The molecule has 2 aromatic rings. The Hall–Kier alpha value is -1.33. The van der Waals surface area contributed by atoms with Crippen molar-refractivity contribution < 1.29 is 13.9 Å². The van der Waals surface area contributed by atoms with Crippen molar-refractivity contribution in [3.05, 3.63) is 58.3 Å². The molecule has 0 aliphatic carbocycles. The number of benzene rings is 2. The molecule has 0 aliphatic heterocycles. The first-order valence-electron chi connectivity index (χ1n) is 5.86. The number of Topliss-reactive ketones (excluding diaryl/α,β-unsaturated/α-hetero) is 1. The zero-order valence-electron chi connectivity index (χ0n) is 10.7. The molecule has 0 unspecified atom stereocenters. The van der Waals surface area contributed by atoms with Gasteiger partial charge in [0.25, 0.3) is 0 Å². The number of ketones is 1. The van der Waals surface area contributed by atoms with E-state index in [-0.39, 0.29) is 17.4 Å². The Morgan fingerprint density at radius 3 is 2.70 bits per heavy atom. The second-order valence-electron chi connectivity index (χ2n) is 3.99. The Kier molecular flexibility index (Phi) is 5.20. The van der Waals surface area contributed by atoms with E-state index in [1.807, 2.05) is 0 Å². The average Bonchev–Trinajstić information content (AvgIpc) is 2.46. The Balaban J connectivity index is 2.05.